The molecule has 1 fully saturated rings. The minimum absolute atomic E-state index is 0.000185. The van der Waals surface area contributed by atoms with Crippen LogP contribution < -0.4 is 5.32 Å². The van der Waals surface area contributed by atoms with E-state index >= 15 is 0 Å². The summed E-state index contributed by atoms with van der Waals surface area (Å²) in [6.07, 6.45) is 0. The van der Waals surface area contributed by atoms with Crippen LogP contribution in [-0.2, 0) is 9.59 Å². The van der Waals surface area contributed by atoms with E-state index in [0.717, 1.165) is 0 Å². The van der Waals surface area contributed by atoms with Crippen molar-refractivity contribution >= 4 is 11.7 Å². The minimum Gasteiger partial charge on any atom is -0.355 e. The second-order valence-corrected chi connectivity index (χ2v) is 2.75. The Labute approximate surface area is 59.8 Å². The van der Waals surface area contributed by atoms with Crippen LogP contribution in [0.2, 0.25) is 0 Å². The van der Waals surface area contributed by atoms with Crippen molar-refractivity contribution in [3.8, 4) is 0 Å². The molecule has 1 amide bonds. The van der Waals surface area contributed by atoms with Crippen LogP contribution in [0.1, 0.15) is 13.8 Å². The molecule has 1 N–H and O–H groups in total. The molecule has 10 heavy (non-hydrogen) atoms. The largest absolute Gasteiger partial charge is 0.355 e. The van der Waals surface area contributed by atoms with Gasteiger partial charge in [0.1, 0.15) is 5.78 Å². The van der Waals surface area contributed by atoms with Crippen molar-refractivity contribution in [3.63, 3.8) is 0 Å². The summed E-state index contributed by atoms with van der Waals surface area (Å²) < 4.78 is 0. The highest BCUT2D eigenvalue weighted by molar-refractivity contribution is 5.90. The second-order valence-electron chi connectivity index (χ2n) is 2.75. The summed E-state index contributed by atoms with van der Waals surface area (Å²) in [6, 6.07) is 0. The third-order valence-electron chi connectivity index (χ3n) is 2.04. The van der Waals surface area contributed by atoms with E-state index in [1.165, 1.54) is 6.92 Å². The zero-order valence-electron chi connectivity index (χ0n) is 6.18. The summed E-state index contributed by atoms with van der Waals surface area (Å²) in [5.74, 6) is -0.115. The third kappa shape index (κ3) is 1.03. The Morgan fingerprint density at radius 2 is 2.30 bits per heavy atom. The molecule has 0 radical (unpaired) electrons. The summed E-state index contributed by atoms with van der Waals surface area (Å²) in [4.78, 5) is 21.6. The lowest BCUT2D eigenvalue weighted by molar-refractivity contribution is -0.127. The number of Topliss-reactive ketones (excluding diaryl/α,β-unsaturated/α-hetero) is 1. The second kappa shape index (κ2) is 2.40. The Balaban J connectivity index is 2.66. The number of rotatable bonds is 1. The maximum absolute atomic E-state index is 10.8. The van der Waals surface area contributed by atoms with Crippen LogP contribution in [0, 0.1) is 11.8 Å². The first-order chi connectivity index (χ1) is 4.63. The maximum Gasteiger partial charge on any atom is 0.223 e. The van der Waals surface area contributed by atoms with E-state index in [1.807, 2.05) is 0 Å². The van der Waals surface area contributed by atoms with Gasteiger partial charge in [0.25, 0.3) is 0 Å². The number of ketones is 1. The molecule has 1 aliphatic heterocycles. The van der Waals surface area contributed by atoms with E-state index in [-0.39, 0.29) is 23.5 Å². The predicted octanol–water partition coefficient (Wildman–Crippen LogP) is -0.0425. The van der Waals surface area contributed by atoms with Crippen LogP contribution in [0.15, 0.2) is 0 Å². The SMILES string of the molecule is CC(=O)[C@H]1CNC(=O)C1C. The topological polar surface area (TPSA) is 46.2 Å². The minimum atomic E-state index is -0.127. The predicted molar refractivity (Wildman–Crippen MR) is 36.3 cm³/mol. The van der Waals surface area contributed by atoms with Crippen LogP contribution >= 0.6 is 0 Å². The lowest BCUT2D eigenvalue weighted by Crippen LogP contribution is -2.18. The molecule has 1 saturated heterocycles. The van der Waals surface area contributed by atoms with Gasteiger partial charge in [-0.3, -0.25) is 9.59 Å². The summed E-state index contributed by atoms with van der Waals surface area (Å²) in [7, 11) is 0. The summed E-state index contributed by atoms with van der Waals surface area (Å²) in [6.45, 7) is 3.84. The fourth-order valence-corrected chi connectivity index (χ4v) is 1.23. The fraction of sp³-hybridized carbons (Fsp3) is 0.714. The first kappa shape index (κ1) is 7.25. The zero-order valence-corrected chi connectivity index (χ0v) is 6.18. The molecule has 0 aliphatic carbocycles. The van der Waals surface area contributed by atoms with E-state index in [4.69, 9.17) is 0 Å². The molecule has 0 aromatic rings. The van der Waals surface area contributed by atoms with Gasteiger partial charge in [-0.25, -0.2) is 0 Å². The number of hydrogen-bond acceptors (Lipinski definition) is 2. The molecule has 1 heterocycles. The van der Waals surface area contributed by atoms with Crippen molar-refractivity contribution in [2.45, 2.75) is 13.8 Å². The van der Waals surface area contributed by atoms with Crippen molar-refractivity contribution in [3.05, 3.63) is 0 Å². The first-order valence-corrected chi connectivity index (χ1v) is 3.41. The van der Waals surface area contributed by atoms with Gasteiger partial charge in [0, 0.05) is 18.4 Å². The normalized spacial score (nSPS) is 32.0. The van der Waals surface area contributed by atoms with E-state index in [9.17, 15) is 9.59 Å². The average Bonchev–Trinajstić information content (AvgIpc) is 2.14. The van der Waals surface area contributed by atoms with E-state index in [1.54, 1.807) is 6.92 Å². The molecule has 1 aliphatic rings. The molecule has 0 aromatic carbocycles. The van der Waals surface area contributed by atoms with E-state index < -0.39 is 0 Å². The summed E-state index contributed by atoms with van der Waals surface area (Å²) in [5, 5.41) is 2.64. The molecule has 0 aromatic heterocycles. The van der Waals surface area contributed by atoms with Gasteiger partial charge >= 0.3 is 0 Å². The van der Waals surface area contributed by atoms with Crippen LogP contribution in [0.25, 0.3) is 0 Å². The number of carbonyl (C=O) groups excluding carboxylic acids is 2. The zero-order chi connectivity index (χ0) is 7.72. The maximum atomic E-state index is 10.8. The van der Waals surface area contributed by atoms with Gasteiger partial charge in [-0.05, 0) is 6.92 Å². The Morgan fingerprint density at radius 1 is 1.70 bits per heavy atom. The summed E-state index contributed by atoms with van der Waals surface area (Å²) in [5.41, 5.74) is 0. The van der Waals surface area contributed by atoms with Crippen LogP contribution in [0.5, 0.6) is 0 Å². The molecule has 0 saturated carbocycles. The van der Waals surface area contributed by atoms with Crippen LogP contribution in [0.3, 0.4) is 0 Å². The van der Waals surface area contributed by atoms with Crippen LogP contribution in [-0.4, -0.2) is 18.2 Å². The van der Waals surface area contributed by atoms with Gasteiger partial charge in [-0.1, -0.05) is 6.92 Å². The van der Waals surface area contributed by atoms with Crippen molar-refractivity contribution in [1.82, 2.24) is 5.32 Å². The van der Waals surface area contributed by atoms with E-state index in [2.05, 4.69) is 5.32 Å². The van der Waals surface area contributed by atoms with E-state index in [0.29, 0.717) is 6.54 Å². The standard InChI is InChI=1S/C7H11NO2/c1-4-6(5(2)9)3-8-7(4)10/h4,6H,3H2,1-2H3,(H,8,10)/t4?,6-/m0/s1. The molecule has 0 bridgehead atoms. The molecule has 2 atom stereocenters. The monoisotopic (exact) mass is 141 g/mol. The molecule has 0 spiro atoms. The molecule has 3 nitrogen and oxygen atoms in total. The molecular formula is C7H11NO2. The Kier molecular flexibility index (Phi) is 1.74. The third-order valence-corrected chi connectivity index (χ3v) is 2.04. The van der Waals surface area contributed by atoms with Gasteiger partial charge in [0.15, 0.2) is 0 Å². The number of amides is 1. The highest BCUT2D eigenvalue weighted by Gasteiger charge is 2.33. The van der Waals surface area contributed by atoms with Crippen molar-refractivity contribution in [1.29, 1.82) is 0 Å². The Hall–Kier alpha value is -0.860. The average molecular weight is 141 g/mol. The quantitative estimate of drug-likeness (QED) is 0.556. The van der Waals surface area contributed by atoms with Crippen molar-refractivity contribution in [2.75, 3.05) is 6.54 Å². The van der Waals surface area contributed by atoms with Gasteiger partial charge in [0.05, 0.1) is 0 Å². The van der Waals surface area contributed by atoms with Crippen LogP contribution in [0.4, 0.5) is 0 Å². The molecule has 1 unspecified atom stereocenters. The van der Waals surface area contributed by atoms with Gasteiger partial charge in [0.2, 0.25) is 5.91 Å². The highest BCUT2D eigenvalue weighted by atomic mass is 16.2. The summed E-state index contributed by atoms with van der Waals surface area (Å²) >= 11 is 0. The fourth-order valence-electron chi connectivity index (χ4n) is 1.23. The Bertz CT molecular complexity index is 176. The van der Waals surface area contributed by atoms with Crippen molar-refractivity contribution in [2.24, 2.45) is 11.8 Å². The lowest BCUT2D eigenvalue weighted by atomic mass is 9.94. The van der Waals surface area contributed by atoms with Gasteiger partial charge in [-0.15, -0.1) is 0 Å². The number of carbonyl (C=O) groups is 2. The van der Waals surface area contributed by atoms with Gasteiger partial charge < -0.3 is 5.32 Å². The molecular weight excluding hydrogens is 130 g/mol. The van der Waals surface area contributed by atoms with Gasteiger partial charge in [-0.2, -0.15) is 0 Å². The molecule has 56 valence electrons. The smallest absolute Gasteiger partial charge is 0.223 e. The highest BCUT2D eigenvalue weighted by Crippen LogP contribution is 2.17. The molecule has 1 rings (SSSR count). The Morgan fingerprint density at radius 3 is 2.50 bits per heavy atom. The first-order valence-electron chi connectivity index (χ1n) is 3.41. The molecule has 3 heteroatoms. The number of nitrogens with one attached hydrogen (secondary N) is 1. The van der Waals surface area contributed by atoms with Crippen molar-refractivity contribution < 1.29 is 9.59 Å². The number of hydrogen-bond donors (Lipinski definition) is 1. The lowest BCUT2D eigenvalue weighted by Gasteiger charge is -2.05.